The Hall–Kier alpha value is -2.52. The summed E-state index contributed by atoms with van der Waals surface area (Å²) in [6.07, 6.45) is 1.30. The number of hydrogen-bond acceptors (Lipinski definition) is 6. The Balaban J connectivity index is 1.43. The molecular formula is C20H21Cl2N5O3. The molecule has 10 heteroatoms. The molecule has 0 aromatic heterocycles. The minimum absolute atomic E-state index is 0.0938. The number of non-ortho nitro benzene ring substituents is 1. The number of nitro benzene ring substituents is 1. The van der Waals surface area contributed by atoms with Gasteiger partial charge in [0.1, 0.15) is 0 Å². The summed E-state index contributed by atoms with van der Waals surface area (Å²) in [5.41, 5.74) is 3.92. The molecule has 1 saturated heterocycles. The Morgan fingerprint density at radius 3 is 2.43 bits per heavy atom. The summed E-state index contributed by atoms with van der Waals surface area (Å²) >= 11 is 11.9. The lowest BCUT2D eigenvalue weighted by molar-refractivity contribution is -0.384. The molecule has 1 heterocycles. The predicted molar refractivity (Wildman–Crippen MR) is 117 cm³/mol. The van der Waals surface area contributed by atoms with Crippen molar-refractivity contribution in [3.8, 4) is 0 Å². The Morgan fingerprint density at radius 2 is 1.77 bits per heavy atom. The van der Waals surface area contributed by atoms with E-state index in [2.05, 4.69) is 20.3 Å². The quantitative estimate of drug-likeness (QED) is 0.398. The van der Waals surface area contributed by atoms with Crippen LogP contribution in [0.15, 0.2) is 47.6 Å². The molecule has 2 aromatic carbocycles. The molecule has 30 heavy (non-hydrogen) atoms. The van der Waals surface area contributed by atoms with E-state index in [1.807, 2.05) is 24.3 Å². The van der Waals surface area contributed by atoms with E-state index in [1.54, 1.807) is 0 Å². The van der Waals surface area contributed by atoms with Gasteiger partial charge in [-0.1, -0.05) is 35.3 Å². The number of nitro groups is 1. The van der Waals surface area contributed by atoms with Crippen molar-refractivity contribution in [3.05, 3.63) is 73.8 Å². The van der Waals surface area contributed by atoms with E-state index in [0.29, 0.717) is 10.6 Å². The van der Waals surface area contributed by atoms with E-state index in [9.17, 15) is 14.9 Å². The smallest absolute Gasteiger partial charge is 0.270 e. The van der Waals surface area contributed by atoms with Gasteiger partial charge in [0, 0.05) is 60.5 Å². The second-order valence-electron chi connectivity index (χ2n) is 6.93. The van der Waals surface area contributed by atoms with E-state index >= 15 is 0 Å². The summed E-state index contributed by atoms with van der Waals surface area (Å²) in [6, 6.07) is 11.9. The second-order valence-corrected chi connectivity index (χ2v) is 7.78. The first-order valence-electron chi connectivity index (χ1n) is 9.36. The average molecular weight is 450 g/mol. The third kappa shape index (κ3) is 6.50. The number of hydrazone groups is 1. The third-order valence-corrected chi connectivity index (χ3v) is 5.33. The Morgan fingerprint density at radius 1 is 1.10 bits per heavy atom. The number of piperazine rings is 1. The number of rotatable bonds is 7. The molecule has 1 aliphatic rings. The van der Waals surface area contributed by atoms with Gasteiger partial charge >= 0.3 is 0 Å². The molecule has 1 fully saturated rings. The maximum atomic E-state index is 12.1. The molecule has 0 radical (unpaired) electrons. The molecule has 3 rings (SSSR count). The molecule has 8 nitrogen and oxygen atoms in total. The van der Waals surface area contributed by atoms with Crippen LogP contribution in [0.4, 0.5) is 5.69 Å². The van der Waals surface area contributed by atoms with Crippen LogP contribution in [-0.2, 0) is 11.3 Å². The Labute approximate surface area is 184 Å². The van der Waals surface area contributed by atoms with Crippen LogP contribution in [0.1, 0.15) is 11.1 Å². The fraction of sp³-hybridized carbons (Fsp3) is 0.300. The number of halogens is 2. The van der Waals surface area contributed by atoms with Crippen LogP contribution in [0.2, 0.25) is 10.0 Å². The van der Waals surface area contributed by atoms with Gasteiger partial charge in [0.25, 0.3) is 11.6 Å². The highest BCUT2D eigenvalue weighted by atomic mass is 35.5. The van der Waals surface area contributed by atoms with Gasteiger partial charge in [-0.15, -0.1) is 0 Å². The summed E-state index contributed by atoms with van der Waals surface area (Å²) < 4.78 is 0. The fourth-order valence-corrected chi connectivity index (χ4v) is 3.40. The van der Waals surface area contributed by atoms with Crippen LogP contribution < -0.4 is 5.43 Å². The van der Waals surface area contributed by atoms with Crippen molar-refractivity contribution in [1.29, 1.82) is 0 Å². The first kappa shape index (κ1) is 22.2. The van der Waals surface area contributed by atoms with Gasteiger partial charge in [0.2, 0.25) is 0 Å². The van der Waals surface area contributed by atoms with E-state index in [-0.39, 0.29) is 18.1 Å². The van der Waals surface area contributed by atoms with Gasteiger partial charge in [-0.2, -0.15) is 5.10 Å². The van der Waals surface area contributed by atoms with Crippen molar-refractivity contribution in [1.82, 2.24) is 15.2 Å². The monoisotopic (exact) mass is 449 g/mol. The zero-order valence-corrected chi connectivity index (χ0v) is 17.6. The van der Waals surface area contributed by atoms with Crippen molar-refractivity contribution in [2.45, 2.75) is 6.54 Å². The van der Waals surface area contributed by atoms with Gasteiger partial charge in [-0.3, -0.25) is 24.7 Å². The van der Waals surface area contributed by atoms with Gasteiger partial charge in [-0.05, 0) is 23.8 Å². The molecule has 0 bridgehead atoms. The molecular weight excluding hydrogens is 429 g/mol. The lowest BCUT2D eigenvalue weighted by atomic mass is 10.2. The maximum absolute atomic E-state index is 12.1. The number of carbonyl (C=O) groups excluding carboxylic acids is 1. The molecule has 1 amide bonds. The lowest BCUT2D eigenvalue weighted by Gasteiger charge is -2.34. The summed E-state index contributed by atoms with van der Waals surface area (Å²) in [5.74, 6) is -0.251. The molecule has 2 aromatic rings. The zero-order valence-electron chi connectivity index (χ0n) is 16.1. The highest BCUT2D eigenvalue weighted by Crippen LogP contribution is 2.20. The number of amides is 1. The van der Waals surface area contributed by atoms with Gasteiger partial charge in [-0.25, -0.2) is 5.43 Å². The molecule has 158 valence electrons. The van der Waals surface area contributed by atoms with Crippen LogP contribution >= 0.6 is 23.2 Å². The van der Waals surface area contributed by atoms with Crippen molar-refractivity contribution in [2.24, 2.45) is 5.10 Å². The normalized spacial score (nSPS) is 15.4. The van der Waals surface area contributed by atoms with Crippen LogP contribution in [0.3, 0.4) is 0 Å². The van der Waals surface area contributed by atoms with Crippen molar-refractivity contribution in [3.63, 3.8) is 0 Å². The summed E-state index contributed by atoms with van der Waals surface area (Å²) in [4.78, 5) is 26.9. The second kappa shape index (κ2) is 10.5. The first-order chi connectivity index (χ1) is 14.4. The SMILES string of the molecule is O=C(CN1CCN(Cc2ccc(Cl)cc2)CC1)N/N=C/c1cc([N+](=O)[O-])ccc1Cl. The van der Waals surface area contributed by atoms with E-state index in [1.165, 1.54) is 30.0 Å². The summed E-state index contributed by atoms with van der Waals surface area (Å²) in [6.45, 7) is 4.37. The first-order valence-corrected chi connectivity index (χ1v) is 10.1. The molecule has 0 saturated carbocycles. The van der Waals surface area contributed by atoms with Crippen LogP contribution in [0.5, 0.6) is 0 Å². The zero-order chi connectivity index (χ0) is 21.5. The van der Waals surface area contributed by atoms with E-state index in [4.69, 9.17) is 23.2 Å². The molecule has 1 aliphatic heterocycles. The number of benzene rings is 2. The van der Waals surface area contributed by atoms with Gasteiger partial charge in [0.05, 0.1) is 17.7 Å². The van der Waals surface area contributed by atoms with E-state index in [0.717, 1.165) is 37.7 Å². The highest BCUT2D eigenvalue weighted by Gasteiger charge is 2.19. The lowest BCUT2D eigenvalue weighted by Crippen LogP contribution is -2.48. The molecule has 0 unspecified atom stereocenters. The minimum atomic E-state index is -0.515. The topological polar surface area (TPSA) is 91.1 Å². The molecule has 0 aliphatic carbocycles. The van der Waals surface area contributed by atoms with Gasteiger partial charge in [0.15, 0.2) is 0 Å². The maximum Gasteiger partial charge on any atom is 0.270 e. The highest BCUT2D eigenvalue weighted by molar-refractivity contribution is 6.33. The molecule has 1 N–H and O–H groups in total. The van der Waals surface area contributed by atoms with Crippen molar-refractivity contribution >= 4 is 41.0 Å². The van der Waals surface area contributed by atoms with Crippen molar-refractivity contribution < 1.29 is 9.72 Å². The largest absolute Gasteiger partial charge is 0.297 e. The molecule has 0 atom stereocenters. The van der Waals surface area contributed by atoms with Crippen LogP contribution in [0.25, 0.3) is 0 Å². The van der Waals surface area contributed by atoms with Gasteiger partial charge < -0.3 is 0 Å². The fourth-order valence-electron chi connectivity index (χ4n) is 3.11. The number of hydrogen-bond donors (Lipinski definition) is 1. The summed E-state index contributed by atoms with van der Waals surface area (Å²) in [7, 11) is 0. The number of carbonyl (C=O) groups is 1. The van der Waals surface area contributed by atoms with Crippen molar-refractivity contribution in [2.75, 3.05) is 32.7 Å². The standard InChI is InChI=1S/C20H21Cl2N5O3/c21-17-3-1-15(2-4-17)13-25-7-9-26(10-8-25)14-20(28)24-23-12-16-11-18(27(29)30)5-6-19(16)22/h1-6,11-12H,7-10,13-14H2,(H,24,28)/b23-12+. The van der Waals surface area contributed by atoms with E-state index < -0.39 is 4.92 Å². The molecule has 0 spiro atoms. The number of nitrogens with one attached hydrogen (secondary N) is 1. The Kier molecular flexibility index (Phi) is 7.75. The minimum Gasteiger partial charge on any atom is -0.297 e. The average Bonchev–Trinajstić information content (AvgIpc) is 2.72. The predicted octanol–water partition coefficient (Wildman–Crippen LogP) is 3.17. The van der Waals surface area contributed by atoms with Crippen LogP contribution in [0, 0.1) is 10.1 Å². The summed E-state index contributed by atoms with van der Waals surface area (Å²) in [5, 5.41) is 15.7. The van der Waals surface area contributed by atoms with Crippen LogP contribution in [-0.4, -0.2) is 59.6 Å². The third-order valence-electron chi connectivity index (χ3n) is 4.73. The number of nitrogens with zero attached hydrogens (tertiary/aromatic N) is 4. The Bertz CT molecular complexity index is 929.